The van der Waals surface area contributed by atoms with Gasteiger partial charge in [0.05, 0.1) is 18.0 Å². The summed E-state index contributed by atoms with van der Waals surface area (Å²) in [5.74, 6) is 1.45. The lowest BCUT2D eigenvalue weighted by atomic mass is 9.92. The van der Waals surface area contributed by atoms with Gasteiger partial charge in [-0.15, -0.1) is 11.3 Å². The molecule has 3 fully saturated rings. The predicted octanol–water partition coefficient (Wildman–Crippen LogP) is 3.11. The van der Waals surface area contributed by atoms with E-state index in [0.717, 1.165) is 32.0 Å². The lowest BCUT2D eigenvalue weighted by Gasteiger charge is -2.33. The van der Waals surface area contributed by atoms with Gasteiger partial charge in [0.1, 0.15) is 11.1 Å². The molecule has 0 bridgehead atoms. The SMILES string of the molecule is Cn1cc(CN2CC[C@@H]3C[C@H](c4nc(C5CC5)cs4)O[C@H]3C2)cn1. The Morgan fingerprint density at radius 2 is 2.25 bits per heavy atom. The zero-order valence-corrected chi connectivity index (χ0v) is 14.9. The van der Waals surface area contributed by atoms with Gasteiger partial charge in [0.15, 0.2) is 0 Å². The van der Waals surface area contributed by atoms with Crippen molar-refractivity contribution in [2.75, 3.05) is 13.1 Å². The van der Waals surface area contributed by atoms with Crippen LogP contribution in [-0.2, 0) is 18.3 Å². The van der Waals surface area contributed by atoms with Crippen molar-refractivity contribution < 1.29 is 4.74 Å². The Balaban J connectivity index is 1.22. The van der Waals surface area contributed by atoms with Crippen molar-refractivity contribution in [1.29, 1.82) is 0 Å². The fraction of sp³-hybridized carbons (Fsp3) is 0.667. The maximum Gasteiger partial charge on any atom is 0.122 e. The van der Waals surface area contributed by atoms with Crippen LogP contribution in [-0.4, -0.2) is 38.9 Å². The average molecular weight is 344 g/mol. The highest BCUT2D eigenvalue weighted by Crippen LogP contribution is 2.45. The smallest absolute Gasteiger partial charge is 0.122 e. The first kappa shape index (κ1) is 15.0. The second-order valence-corrected chi connectivity index (χ2v) is 8.48. The summed E-state index contributed by atoms with van der Waals surface area (Å²) >= 11 is 1.81. The van der Waals surface area contributed by atoms with Crippen LogP contribution in [0.2, 0.25) is 0 Å². The van der Waals surface area contributed by atoms with E-state index in [1.54, 1.807) is 11.3 Å². The molecular formula is C18H24N4OS. The molecule has 0 spiro atoms. The van der Waals surface area contributed by atoms with Crippen LogP contribution in [0.15, 0.2) is 17.8 Å². The number of thiazole rings is 1. The molecule has 0 unspecified atom stereocenters. The number of aromatic nitrogens is 3. The van der Waals surface area contributed by atoms with E-state index in [1.807, 2.05) is 17.9 Å². The molecular weight excluding hydrogens is 320 g/mol. The second kappa shape index (κ2) is 5.93. The fourth-order valence-corrected chi connectivity index (χ4v) is 5.07. The van der Waals surface area contributed by atoms with Gasteiger partial charge in [0.2, 0.25) is 0 Å². The minimum atomic E-state index is 0.232. The van der Waals surface area contributed by atoms with E-state index in [-0.39, 0.29) is 6.10 Å². The van der Waals surface area contributed by atoms with Crippen LogP contribution in [0.3, 0.4) is 0 Å². The van der Waals surface area contributed by atoms with Gasteiger partial charge in [-0.3, -0.25) is 9.58 Å². The van der Waals surface area contributed by atoms with E-state index < -0.39 is 0 Å². The Morgan fingerprint density at radius 3 is 3.04 bits per heavy atom. The second-order valence-electron chi connectivity index (χ2n) is 7.59. The number of hydrogen-bond acceptors (Lipinski definition) is 5. The number of nitrogens with zero attached hydrogens (tertiary/aromatic N) is 4. The van der Waals surface area contributed by atoms with Crippen LogP contribution in [0.1, 0.15) is 54.0 Å². The highest BCUT2D eigenvalue weighted by atomic mass is 32.1. The zero-order chi connectivity index (χ0) is 16.1. The Morgan fingerprint density at radius 1 is 1.33 bits per heavy atom. The number of hydrogen-bond donors (Lipinski definition) is 0. The molecule has 5 nitrogen and oxygen atoms in total. The summed E-state index contributed by atoms with van der Waals surface area (Å²) < 4.78 is 8.30. The fourth-order valence-electron chi connectivity index (χ4n) is 4.12. The van der Waals surface area contributed by atoms with Crippen molar-refractivity contribution in [1.82, 2.24) is 19.7 Å². The van der Waals surface area contributed by atoms with Gasteiger partial charge < -0.3 is 4.74 Å². The summed E-state index contributed by atoms with van der Waals surface area (Å²) in [6.45, 7) is 3.18. The summed E-state index contributed by atoms with van der Waals surface area (Å²) in [4.78, 5) is 7.38. The van der Waals surface area contributed by atoms with E-state index in [4.69, 9.17) is 9.72 Å². The molecule has 128 valence electrons. The maximum absolute atomic E-state index is 6.42. The third kappa shape index (κ3) is 2.91. The van der Waals surface area contributed by atoms with E-state index in [9.17, 15) is 0 Å². The zero-order valence-electron chi connectivity index (χ0n) is 14.1. The molecule has 6 heteroatoms. The molecule has 0 radical (unpaired) electrons. The maximum atomic E-state index is 6.42. The van der Waals surface area contributed by atoms with Crippen molar-refractivity contribution in [3.8, 4) is 0 Å². The molecule has 24 heavy (non-hydrogen) atoms. The van der Waals surface area contributed by atoms with Gasteiger partial charge >= 0.3 is 0 Å². The number of likely N-dealkylation sites (tertiary alicyclic amines) is 1. The summed E-state index contributed by atoms with van der Waals surface area (Å²) in [5.41, 5.74) is 2.60. The Hall–Kier alpha value is -1.24. The number of ether oxygens (including phenoxy) is 1. The first-order chi connectivity index (χ1) is 11.7. The van der Waals surface area contributed by atoms with E-state index in [0.29, 0.717) is 12.0 Å². The molecule has 2 aromatic heterocycles. The van der Waals surface area contributed by atoms with Crippen LogP contribution in [0.4, 0.5) is 0 Å². The first-order valence-electron chi connectivity index (χ1n) is 9.05. The third-order valence-corrected chi connectivity index (χ3v) is 6.57. The molecule has 0 N–H and O–H groups in total. The van der Waals surface area contributed by atoms with Crippen LogP contribution in [0.5, 0.6) is 0 Å². The molecule has 4 heterocycles. The number of rotatable bonds is 4. The van der Waals surface area contributed by atoms with Gasteiger partial charge in [-0.25, -0.2) is 4.98 Å². The Bertz CT molecular complexity index is 722. The topological polar surface area (TPSA) is 43.2 Å². The molecule has 0 amide bonds. The van der Waals surface area contributed by atoms with Crippen LogP contribution in [0.25, 0.3) is 0 Å². The summed E-state index contributed by atoms with van der Waals surface area (Å²) in [5, 5.41) is 7.74. The number of fused-ring (bicyclic) bond motifs is 1. The molecule has 5 rings (SSSR count). The first-order valence-corrected chi connectivity index (χ1v) is 9.93. The monoisotopic (exact) mass is 344 g/mol. The molecule has 2 aliphatic heterocycles. The lowest BCUT2D eigenvalue weighted by Crippen LogP contribution is -2.41. The normalized spacial score (nSPS) is 30.6. The van der Waals surface area contributed by atoms with Crippen molar-refractivity contribution in [3.05, 3.63) is 34.0 Å². The molecule has 1 saturated carbocycles. The van der Waals surface area contributed by atoms with Gasteiger partial charge in [-0.05, 0) is 38.1 Å². The molecule has 0 aromatic carbocycles. The Labute approximate surface area is 146 Å². The van der Waals surface area contributed by atoms with Gasteiger partial charge in [0.25, 0.3) is 0 Å². The predicted molar refractivity (Wildman–Crippen MR) is 92.9 cm³/mol. The number of piperidine rings is 1. The van der Waals surface area contributed by atoms with E-state index in [2.05, 4.69) is 21.6 Å². The molecule has 2 aromatic rings. The van der Waals surface area contributed by atoms with Gasteiger partial charge in [-0.2, -0.15) is 5.10 Å². The van der Waals surface area contributed by atoms with Crippen molar-refractivity contribution >= 4 is 11.3 Å². The highest BCUT2D eigenvalue weighted by molar-refractivity contribution is 7.09. The minimum absolute atomic E-state index is 0.232. The summed E-state index contributed by atoms with van der Waals surface area (Å²) in [6.07, 6.45) is 9.72. The molecule has 3 aliphatic rings. The van der Waals surface area contributed by atoms with Crippen molar-refractivity contribution in [3.63, 3.8) is 0 Å². The van der Waals surface area contributed by atoms with E-state index >= 15 is 0 Å². The van der Waals surface area contributed by atoms with Gasteiger partial charge in [-0.1, -0.05) is 0 Å². The molecule has 1 aliphatic carbocycles. The minimum Gasteiger partial charge on any atom is -0.366 e. The van der Waals surface area contributed by atoms with Crippen molar-refractivity contribution in [2.24, 2.45) is 13.0 Å². The summed E-state index contributed by atoms with van der Waals surface area (Å²) in [7, 11) is 1.98. The molecule has 2 saturated heterocycles. The molecule has 3 atom stereocenters. The van der Waals surface area contributed by atoms with Crippen LogP contribution in [0, 0.1) is 5.92 Å². The third-order valence-electron chi connectivity index (χ3n) is 5.61. The highest BCUT2D eigenvalue weighted by Gasteiger charge is 2.41. The standard InChI is InChI=1S/C18H24N4OS/c1-21-8-12(7-19-21)9-22-5-4-14-6-16(23-17(14)10-22)18-20-15(11-24-18)13-2-3-13/h7-8,11,13-14,16-17H,2-6,9-10H2,1H3/t14-,16-,17+/m1/s1. The van der Waals surface area contributed by atoms with Crippen LogP contribution >= 0.6 is 11.3 Å². The largest absolute Gasteiger partial charge is 0.366 e. The quantitative estimate of drug-likeness (QED) is 0.855. The number of aryl methyl sites for hydroxylation is 1. The van der Waals surface area contributed by atoms with Crippen molar-refractivity contribution in [2.45, 2.75) is 50.4 Å². The van der Waals surface area contributed by atoms with Gasteiger partial charge in [0, 0.05) is 43.2 Å². The summed E-state index contributed by atoms with van der Waals surface area (Å²) in [6, 6.07) is 0. The lowest BCUT2D eigenvalue weighted by molar-refractivity contribution is -0.00943. The van der Waals surface area contributed by atoms with Crippen LogP contribution < -0.4 is 0 Å². The average Bonchev–Trinajstić information content (AvgIpc) is 2.98. The van der Waals surface area contributed by atoms with E-state index in [1.165, 1.54) is 35.5 Å². The Kier molecular flexibility index (Phi) is 3.72.